The highest BCUT2D eigenvalue weighted by Crippen LogP contribution is 2.25. The molecule has 0 spiro atoms. The maximum atomic E-state index is 12.5. The number of ether oxygens (including phenoxy) is 1. The minimum absolute atomic E-state index is 0.0270. The molecule has 1 amide bonds. The van der Waals surface area contributed by atoms with E-state index in [9.17, 15) is 18.0 Å². The molecule has 2 N–H and O–H groups in total. The molecule has 0 saturated carbocycles. The van der Waals surface area contributed by atoms with E-state index in [1.165, 1.54) is 31.3 Å². The molecule has 1 heterocycles. The van der Waals surface area contributed by atoms with Gasteiger partial charge in [-0.15, -0.1) is 0 Å². The van der Waals surface area contributed by atoms with Crippen molar-refractivity contribution >= 4 is 43.5 Å². The average molecular weight is 425 g/mol. The van der Waals surface area contributed by atoms with Gasteiger partial charge < -0.3 is 10.1 Å². The number of hydrogen-bond acceptors (Lipinski definition) is 5. The maximum Gasteiger partial charge on any atom is 0.338 e. The number of carbonyl (C=O) groups excluding carboxylic acids is 2. The fraction of sp³-hybridized carbons (Fsp3) is 0.125. The zero-order valence-corrected chi connectivity index (χ0v) is 15.4. The lowest BCUT2D eigenvalue weighted by atomic mass is 10.1. The molecule has 0 atom stereocenters. The Hall–Kier alpha value is -2.23. The molecule has 3 rings (SSSR count). The van der Waals surface area contributed by atoms with Crippen molar-refractivity contribution in [2.45, 2.75) is 11.5 Å². The van der Waals surface area contributed by atoms with E-state index >= 15 is 0 Å². The molecule has 2 aromatic rings. The number of anilines is 1. The van der Waals surface area contributed by atoms with Gasteiger partial charge in [0.15, 0.2) is 0 Å². The standard InChI is InChI=1S/C16H13BrN2O5S/c1-18-25(22,23)11-4-5-14(17)13(7-11)15(20)19-10-3-2-9-8-24-16(21)12(9)6-10/h2-7,18H,8H2,1H3,(H,19,20). The summed E-state index contributed by atoms with van der Waals surface area (Å²) in [6, 6.07) is 9.03. The molecule has 2 aromatic carbocycles. The summed E-state index contributed by atoms with van der Waals surface area (Å²) in [5, 5.41) is 2.65. The quantitative estimate of drug-likeness (QED) is 0.732. The Morgan fingerprint density at radius 3 is 2.68 bits per heavy atom. The highest BCUT2D eigenvalue weighted by molar-refractivity contribution is 9.10. The molecule has 0 fully saturated rings. The molecule has 1 aliphatic rings. The number of cyclic esters (lactones) is 1. The minimum atomic E-state index is -3.67. The molecule has 0 saturated heterocycles. The Bertz CT molecular complexity index is 988. The first-order chi connectivity index (χ1) is 11.8. The van der Waals surface area contributed by atoms with Crippen molar-refractivity contribution in [3.63, 3.8) is 0 Å². The zero-order chi connectivity index (χ0) is 18.2. The highest BCUT2D eigenvalue weighted by Gasteiger charge is 2.22. The molecule has 0 radical (unpaired) electrons. The van der Waals surface area contributed by atoms with Gasteiger partial charge in [-0.1, -0.05) is 6.07 Å². The summed E-state index contributed by atoms with van der Waals surface area (Å²) in [5.74, 6) is -0.944. The van der Waals surface area contributed by atoms with Gasteiger partial charge in [0.2, 0.25) is 10.0 Å². The molecule has 1 aliphatic heterocycles. The second-order valence-electron chi connectivity index (χ2n) is 5.25. The molecule has 130 valence electrons. The summed E-state index contributed by atoms with van der Waals surface area (Å²) in [4.78, 5) is 24.1. The third-order valence-corrected chi connectivity index (χ3v) is 5.81. The van der Waals surface area contributed by atoms with Crippen LogP contribution in [0.25, 0.3) is 0 Å². The number of carbonyl (C=O) groups is 2. The lowest BCUT2D eigenvalue weighted by Gasteiger charge is -2.10. The second-order valence-corrected chi connectivity index (χ2v) is 7.99. The molecule has 0 aromatic heterocycles. The Morgan fingerprint density at radius 1 is 1.20 bits per heavy atom. The number of rotatable bonds is 4. The smallest absolute Gasteiger partial charge is 0.338 e. The Kier molecular flexibility index (Phi) is 4.63. The topological polar surface area (TPSA) is 102 Å². The summed E-state index contributed by atoms with van der Waals surface area (Å²) in [5.41, 5.74) is 1.73. The van der Waals surface area contributed by atoms with E-state index in [1.54, 1.807) is 12.1 Å². The molecule has 0 unspecified atom stereocenters. The summed E-state index contributed by atoms with van der Waals surface area (Å²) in [7, 11) is -2.38. The number of sulfonamides is 1. The highest BCUT2D eigenvalue weighted by atomic mass is 79.9. The lowest BCUT2D eigenvalue weighted by molar-refractivity contribution is 0.0535. The number of halogens is 1. The second kappa shape index (κ2) is 6.58. The van der Waals surface area contributed by atoms with Gasteiger partial charge in [-0.3, -0.25) is 4.79 Å². The number of hydrogen-bond donors (Lipinski definition) is 2. The number of esters is 1. The third-order valence-electron chi connectivity index (χ3n) is 3.71. The van der Waals surface area contributed by atoms with Gasteiger partial charge in [-0.25, -0.2) is 17.9 Å². The van der Waals surface area contributed by atoms with Crippen molar-refractivity contribution in [3.05, 3.63) is 57.6 Å². The predicted molar refractivity (Wildman–Crippen MR) is 93.9 cm³/mol. The molecule has 25 heavy (non-hydrogen) atoms. The molecule has 0 aliphatic carbocycles. The summed E-state index contributed by atoms with van der Waals surface area (Å²) >= 11 is 3.24. The van der Waals surface area contributed by atoms with Crippen LogP contribution in [-0.4, -0.2) is 27.3 Å². The first kappa shape index (κ1) is 17.6. The summed E-state index contributed by atoms with van der Waals surface area (Å²) in [6.45, 7) is 0.220. The van der Waals surface area contributed by atoms with Crippen LogP contribution in [0.2, 0.25) is 0 Å². The van der Waals surface area contributed by atoms with Crippen LogP contribution in [0.3, 0.4) is 0 Å². The van der Waals surface area contributed by atoms with Crippen molar-refractivity contribution in [3.8, 4) is 0 Å². The van der Waals surface area contributed by atoms with E-state index in [1.807, 2.05) is 0 Å². The number of benzene rings is 2. The van der Waals surface area contributed by atoms with Crippen LogP contribution in [-0.2, 0) is 21.4 Å². The van der Waals surface area contributed by atoms with E-state index in [-0.39, 0.29) is 17.1 Å². The number of fused-ring (bicyclic) bond motifs is 1. The SMILES string of the molecule is CNS(=O)(=O)c1ccc(Br)c(C(=O)Nc2ccc3c(c2)C(=O)OC3)c1. The van der Waals surface area contributed by atoms with E-state index in [0.29, 0.717) is 15.7 Å². The van der Waals surface area contributed by atoms with Crippen molar-refractivity contribution in [1.82, 2.24) is 4.72 Å². The fourth-order valence-electron chi connectivity index (χ4n) is 2.35. The van der Waals surface area contributed by atoms with Crippen LogP contribution in [0.4, 0.5) is 5.69 Å². The third kappa shape index (κ3) is 3.44. The average Bonchev–Trinajstić information content (AvgIpc) is 2.96. The zero-order valence-electron chi connectivity index (χ0n) is 13.0. The number of amides is 1. The normalized spacial score (nSPS) is 13.3. The van der Waals surface area contributed by atoms with Crippen molar-refractivity contribution in [2.24, 2.45) is 0 Å². The largest absolute Gasteiger partial charge is 0.457 e. The Labute approximate surface area is 152 Å². The molecule has 0 bridgehead atoms. The van der Waals surface area contributed by atoms with Gasteiger partial charge in [0, 0.05) is 15.7 Å². The van der Waals surface area contributed by atoms with Crippen LogP contribution in [0.5, 0.6) is 0 Å². The van der Waals surface area contributed by atoms with E-state index in [4.69, 9.17) is 4.74 Å². The Balaban J connectivity index is 1.90. The van der Waals surface area contributed by atoms with Gasteiger partial charge in [0.25, 0.3) is 5.91 Å². The first-order valence-electron chi connectivity index (χ1n) is 7.16. The van der Waals surface area contributed by atoms with E-state index in [0.717, 1.165) is 5.56 Å². The van der Waals surface area contributed by atoms with Crippen LogP contribution in [0.15, 0.2) is 45.8 Å². The number of nitrogens with one attached hydrogen (secondary N) is 2. The van der Waals surface area contributed by atoms with Crippen molar-refractivity contribution < 1.29 is 22.7 Å². The first-order valence-corrected chi connectivity index (χ1v) is 9.44. The lowest BCUT2D eigenvalue weighted by Crippen LogP contribution is -2.20. The van der Waals surface area contributed by atoms with Crippen LogP contribution in [0, 0.1) is 0 Å². The fourth-order valence-corrected chi connectivity index (χ4v) is 3.54. The molecular weight excluding hydrogens is 412 g/mol. The Morgan fingerprint density at radius 2 is 1.96 bits per heavy atom. The van der Waals surface area contributed by atoms with Gasteiger partial charge >= 0.3 is 5.97 Å². The van der Waals surface area contributed by atoms with Gasteiger partial charge in [-0.2, -0.15) is 0 Å². The molecule has 7 nitrogen and oxygen atoms in total. The molecule has 9 heteroatoms. The van der Waals surface area contributed by atoms with Gasteiger partial charge in [-0.05, 0) is 53.3 Å². The van der Waals surface area contributed by atoms with Gasteiger partial charge in [0.1, 0.15) is 6.61 Å². The van der Waals surface area contributed by atoms with Gasteiger partial charge in [0.05, 0.1) is 16.0 Å². The maximum absolute atomic E-state index is 12.5. The van der Waals surface area contributed by atoms with Crippen LogP contribution in [0.1, 0.15) is 26.3 Å². The van der Waals surface area contributed by atoms with E-state index < -0.39 is 21.9 Å². The van der Waals surface area contributed by atoms with E-state index in [2.05, 4.69) is 26.0 Å². The van der Waals surface area contributed by atoms with Crippen LogP contribution >= 0.6 is 15.9 Å². The van der Waals surface area contributed by atoms with Crippen molar-refractivity contribution in [1.29, 1.82) is 0 Å². The predicted octanol–water partition coefficient (Wildman–Crippen LogP) is 2.28. The molecular formula is C16H13BrN2O5S. The summed E-state index contributed by atoms with van der Waals surface area (Å²) < 4.78 is 31.4. The summed E-state index contributed by atoms with van der Waals surface area (Å²) in [6.07, 6.45) is 0. The monoisotopic (exact) mass is 424 g/mol. The van der Waals surface area contributed by atoms with Crippen LogP contribution < -0.4 is 10.0 Å². The van der Waals surface area contributed by atoms with Crippen molar-refractivity contribution in [2.75, 3.05) is 12.4 Å². The minimum Gasteiger partial charge on any atom is -0.457 e.